The molecule has 0 bridgehead atoms. The highest BCUT2D eigenvalue weighted by Gasteiger charge is 2.41. The van der Waals surface area contributed by atoms with Crippen LogP contribution < -0.4 is 0 Å². The first-order chi connectivity index (χ1) is 11.1. The van der Waals surface area contributed by atoms with Crippen molar-refractivity contribution in [2.24, 2.45) is 5.92 Å². The standard InChI is InChI=1S/C16H20N2O5S/c1-11(2)15-16(21)17(10-14(19)20)13(9-18(15)24(3,22)23)12-7-5-4-6-8-12/h4-9,11,15H,10H2,1-3H3,(H,19,20). The summed E-state index contributed by atoms with van der Waals surface area (Å²) in [5, 5.41) is 9.15. The molecule has 8 heteroatoms. The fourth-order valence-corrected chi connectivity index (χ4v) is 3.71. The van der Waals surface area contributed by atoms with Crippen LogP contribution in [0.5, 0.6) is 0 Å². The molecule has 1 heterocycles. The van der Waals surface area contributed by atoms with Gasteiger partial charge in [-0.3, -0.25) is 18.8 Å². The van der Waals surface area contributed by atoms with Gasteiger partial charge in [-0.1, -0.05) is 44.2 Å². The Morgan fingerprint density at radius 1 is 1.25 bits per heavy atom. The smallest absolute Gasteiger partial charge is 0.323 e. The minimum absolute atomic E-state index is 0.255. The summed E-state index contributed by atoms with van der Waals surface area (Å²) >= 11 is 0. The van der Waals surface area contributed by atoms with Crippen molar-refractivity contribution >= 4 is 27.6 Å². The van der Waals surface area contributed by atoms with Crippen molar-refractivity contribution in [1.82, 2.24) is 9.21 Å². The maximum Gasteiger partial charge on any atom is 0.323 e. The van der Waals surface area contributed by atoms with Gasteiger partial charge in [-0.15, -0.1) is 0 Å². The van der Waals surface area contributed by atoms with E-state index in [1.807, 2.05) is 0 Å². The normalized spacial score (nSPS) is 18.8. The molecule has 0 saturated heterocycles. The van der Waals surface area contributed by atoms with Gasteiger partial charge in [0.15, 0.2) is 0 Å². The van der Waals surface area contributed by atoms with Crippen molar-refractivity contribution in [1.29, 1.82) is 0 Å². The highest BCUT2D eigenvalue weighted by atomic mass is 32.2. The van der Waals surface area contributed by atoms with Crippen molar-refractivity contribution in [3.05, 3.63) is 42.1 Å². The number of sulfonamides is 1. The Hall–Kier alpha value is -2.35. The van der Waals surface area contributed by atoms with Crippen LogP contribution in [0.25, 0.3) is 5.70 Å². The zero-order valence-electron chi connectivity index (χ0n) is 13.7. The summed E-state index contributed by atoms with van der Waals surface area (Å²) in [6.07, 6.45) is 2.38. The monoisotopic (exact) mass is 352 g/mol. The number of carbonyl (C=O) groups excluding carboxylic acids is 1. The van der Waals surface area contributed by atoms with Gasteiger partial charge < -0.3 is 5.11 Å². The number of amides is 1. The third-order valence-electron chi connectivity index (χ3n) is 3.71. The molecule has 7 nitrogen and oxygen atoms in total. The van der Waals surface area contributed by atoms with Gasteiger partial charge in [0.1, 0.15) is 12.6 Å². The van der Waals surface area contributed by atoms with Crippen molar-refractivity contribution in [2.45, 2.75) is 19.9 Å². The van der Waals surface area contributed by atoms with Gasteiger partial charge in [-0.25, -0.2) is 8.42 Å². The number of hydrogen-bond acceptors (Lipinski definition) is 4. The second kappa shape index (κ2) is 6.64. The minimum Gasteiger partial charge on any atom is -0.480 e. The molecule has 1 aromatic rings. The van der Waals surface area contributed by atoms with Gasteiger partial charge >= 0.3 is 5.97 Å². The third kappa shape index (κ3) is 3.59. The molecule has 24 heavy (non-hydrogen) atoms. The molecular weight excluding hydrogens is 332 g/mol. The molecule has 0 aromatic heterocycles. The van der Waals surface area contributed by atoms with Gasteiger partial charge in [0, 0.05) is 6.20 Å². The summed E-state index contributed by atoms with van der Waals surface area (Å²) in [7, 11) is -3.68. The summed E-state index contributed by atoms with van der Waals surface area (Å²) in [6.45, 7) is 2.92. The lowest BCUT2D eigenvalue weighted by atomic mass is 9.99. The molecule has 1 amide bonds. The predicted octanol–water partition coefficient (Wildman–Crippen LogP) is 1.20. The molecule has 1 N–H and O–H groups in total. The lowest BCUT2D eigenvalue weighted by Gasteiger charge is -2.40. The Balaban J connectivity index is 2.66. The van der Waals surface area contributed by atoms with Crippen molar-refractivity contribution in [3.63, 3.8) is 0 Å². The first-order valence-corrected chi connectivity index (χ1v) is 9.26. The summed E-state index contributed by atoms with van der Waals surface area (Å²) < 4.78 is 25.3. The number of carbonyl (C=O) groups is 2. The zero-order chi connectivity index (χ0) is 18.1. The molecule has 130 valence electrons. The largest absolute Gasteiger partial charge is 0.480 e. The molecule has 0 fully saturated rings. The van der Waals surface area contributed by atoms with Crippen molar-refractivity contribution in [3.8, 4) is 0 Å². The quantitative estimate of drug-likeness (QED) is 0.859. The van der Waals surface area contributed by atoms with E-state index in [1.54, 1.807) is 44.2 Å². The average molecular weight is 352 g/mol. The maximum atomic E-state index is 12.9. The summed E-state index contributed by atoms with van der Waals surface area (Å²) in [6, 6.07) is 7.68. The van der Waals surface area contributed by atoms with Crippen molar-refractivity contribution < 1.29 is 23.1 Å². The van der Waals surface area contributed by atoms with Crippen LogP contribution in [0.2, 0.25) is 0 Å². The predicted molar refractivity (Wildman–Crippen MR) is 89.1 cm³/mol. The highest BCUT2D eigenvalue weighted by Crippen LogP contribution is 2.31. The second-order valence-corrected chi connectivity index (χ2v) is 7.87. The van der Waals surface area contributed by atoms with Crippen LogP contribution in [0.15, 0.2) is 36.5 Å². The molecule has 1 atom stereocenters. The average Bonchev–Trinajstić information content (AvgIpc) is 2.47. The number of carboxylic acid groups (broad SMARTS) is 1. The van der Waals surface area contributed by atoms with Gasteiger partial charge in [-0.2, -0.15) is 0 Å². The Bertz CT molecular complexity index is 771. The molecule has 1 unspecified atom stereocenters. The van der Waals surface area contributed by atoms with Crippen LogP contribution in [0.4, 0.5) is 0 Å². The Morgan fingerprint density at radius 3 is 2.29 bits per heavy atom. The molecule has 1 aliphatic rings. The van der Waals surface area contributed by atoms with Gasteiger partial charge in [0.05, 0.1) is 12.0 Å². The molecule has 0 radical (unpaired) electrons. The van der Waals surface area contributed by atoms with E-state index in [-0.39, 0.29) is 11.6 Å². The van der Waals surface area contributed by atoms with E-state index in [0.717, 1.165) is 15.5 Å². The molecule has 1 aliphatic heterocycles. The second-order valence-electron chi connectivity index (χ2n) is 5.98. The molecule has 0 spiro atoms. The van der Waals surface area contributed by atoms with E-state index in [9.17, 15) is 18.0 Å². The number of benzene rings is 1. The van der Waals surface area contributed by atoms with Crippen LogP contribution in [0, 0.1) is 5.92 Å². The summed E-state index contributed by atoms with van der Waals surface area (Å²) in [5.74, 6) is -2.02. The lowest BCUT2D eigenvalue weighted by molar-refractivity contribution is -0.144. The topological polar surface area (TPSA) is 95.0 Å². The molecule has 0 aliphatic carbocycles. The van der Waals surface area contributed by atoms with Gasteiger partial charge in [-0.05, 0) is 11.5 Å². The van der Waals surface area contributed by atoms with Crippen molar-refractivity contribution in [2.75, 3.05) is 12.8 Å². The fraction of sp³-hybridized carbons (Fsp3) is 0.375. The maximum absolute atomic E-state index is 12.9. The summed E-state index contributed by atoms with van der Waals surface area (Å²) in [5.41, 5.74) is 0.827. The van der Waals surface area contributed by atoms with E-state index in [4.69, 9.17) is 5.11 Å². The first-order valence-electron chi connectivity index (χ1n) is 7.42. The number of carboxylic acids is 1. The fourth-order valence-electron chi connectivity index (χ4n) is 2.68. The zero-order valence-corrected chi connectivity index (χ0v) is 14.5. The minimum atomic E-state index is -3.68. The van der Waals surface area contributed by atoms with Gasteiger partial charge in [0.2, 0.25) is 10.0 Å². The van der Waals surface area contributed by atoms with E-state index in [1.165, 1.54) is 6.20 Å². The number of nitrogens with zero attached hydrogens (tertiary/aromatic N) is 2. The van der Waals surface area contributed by atoms with Crippen LogP contribution >= 0.6 is 0 Å². The summed E-state index contributed by atoms with van der Waals surface area (Å²) in [4.78, 5) is 25.2. The highest BCUT2D eigenvalue weighted by molar-refractivity contribution is 7.88. The van der Waals surface area contributed by atoms with E-state index in [0.29, 0.717) is 5.56 Å². The van der Waals surface area contributed by atoms with E-state index in [2.05, 4.69) is 0 Å². The number of hydrogen-bond donors (Lipinski definition) is 1. The lowest BCUT2D eigenvalue weighted by Crippen LogP contribution is -2.55. The molecule has 2 rings (SSSR count). The Labute approximate surface area is 141 Å². The van der Waals surface area contributed by atoms with Crippen LogP contribution in [0.3, 0.4) is 0 Å². The molecule has 0 saturated carbocycles. The first kappa shape index (κ1) is 18.0. The van der Waals surface area contributed by atoms with Crippen LogP contribution in [0.1, 0.15) is 19.4 Å². The Kier molecular flexibility index (Phi) is 4.98. The SMILES string of the molecule is CC(C)C1C(=O)N(CC(=O)O)C(c2ccccc2)=CN1S(C)(=O)=O. The molecular formula is C16H20N2O5S. The van der Waals surface area contributed by atoms with E-state index < -0.39 is 34.5 Å². The Morgan fingerprint density at radius 2 is 1.83 bits per heavy atom. The number of aliphatic carboxylic acids is 1. The van der Waals surface area contributed by atoms with Crippen LogP contribution in [-0.2, 0) is 19.6 Å². The number of rotatable bonds is 5. The molecule has 1 aromatic carbocycles. The van der Waals surface area contributed by atoms with E-state index >= 15 is 0 Å². The van der Waals surface area contributed by atoms with Gasteiger partial charge in [0.25, 0.3) is 5.91 Å². The van der Waals surface area contributed by atoms with Crippen LogP contribution in [-0.4, -0.2) is 53.4 Å². The third-order valence-corrected chi connectivity index (χ3v) is 4.81.